The first-order valence-electron chi connectivity index (χ1n) is 5.21. The van der Waals surface area contributed by atoms with Crippen molar-refractivity contribution in [1.29, 1.82) is 0 Å². The zero-order valence-corrected chi connectivity index (χ0v) is 9.91. The largest absolute Gasteiger partial charge is 0.492 e. The Balaban J connectivity index is 2.39. The number of benzene rings is 1. The molecule has 0 heterocycles. The summed E-state index contributed by atoms with van der Waals surface area (Å²) in [6.07, 6.45) is 3.68. The Morgan fingerprint density at radius 3 is 3.00 bits per heavy atom. The van der Waals surface area contributed by atoms with Crippen LogP contribution in [0.25, 0.3) is 0 Å². The van der Waals surface area contributed by atoms with Gasteiger partial charge in [-0.1, -0.05) is 23.7 Å². The molecule has 3 N–H and O–H groups in total. The Hall–Kier alpha value is -1.03. The number of hydrogen-bond acceptors (Lipinski definition) is 3. The maximum Gasteiger partial charge on any atom is 0.120 e. The van der Waals surface area contributed by atoms with Crippen LogP contribution in [0.3, 0.4) is 0 Å². The van der Waals surface area contributed by atoms with Crippen molar-refractivity contribution >= 4 is 11.6 Å². The molecule has 0 aliphatic carbocycles. The lowest BCUT2D eigenvalue weighted by Crippen LogP contribution is -2.39. The topological polar surface area (TPSA) is 47.3 Å². The summed E-state index contributed by atoms with van der Waals surface area (Å²) in [4.78, 5) is 0. The van der Waals surface area contributed by atoms with Gasteiger partial charge in [0, 0.05) is 5.02 Å². The molecule has 1 atom stereocenters. The van der Waals surface area contributed by atoms with Crippen LogP contribution < -0.4 is 16.0 Å². The maximum absolute atomic E-state index is 5.84. The van der Waals surface area contributed by atoms with Crippen molar-refractivity contribution in [3.05, 3.63) is 41.9 Å². The predicted octanol–water partition coefficient (Wildman–Crippen LogP) is 2.52. The Morgan fingerprint density at radius 1 is 1.56 bits per heavy atom. The number of hydrazine groups is 1. The molecule has 0 amide bonds. The molecule has 0 aromatic heterocycles. The molecule has 3 nitrogen and oxygen atoms in total. The van der Waals surface area contributed by atoms with E-state index in [-0.39, 0.29) is 6.04 Å². The van der Waals surface area contributed by atoms with Gasteiger partial charge in [-0.15, -0.1) is 6.58 Å². The van der Waals surface area contributed by atoms with E-state index >= 15 is 0 Å². The third-order valence-corrected chi connectivity index (χ3v) is 2.44. The zero-order valence-electron chi connectivity index (χ0n) is 9.16. The van der Waals surface area contributed by atoms with Gasteiger partial charge in [-0.25, -0.2) is 0 Å². The van der Waals surface area contributed by atoms with E-state index in [0.717, 1.165) is 18.6 Å². The minimum absolute atomic E-state index is 0.122. The first-order chi connectivity index (χ1) is 7.76. The van der Waals surface area contributed by atoms with Gasteiger partial charge in [-0.3, -0.25) is 11.3 Å². The molecule has 0 spiro atoms. The molecule has 1 unspecified atom stereocenters. The second-order valence-electron chi connectivity index (χ2n) is 3.50. The smallest absolute Gasteiger partial charge is 0.120 e. The molecule has 1 rings (SSSR count). The van der Waals surface area contributed by atoms with E-state index in [4.69, 9.17) is 22.2 Å². The standard InChI is InChI=1S/C12H17ClN2O/c1-2-3-6-11(15-14)9-16-12-7-4-5-10(13)8-12/h2,4-5,7-8,11,15H,1,3,6,9,14H2. The maximum atomic E-state index is 5.84. The average molecular weight is 241 g/mol. The number of nitrogens with one attached hydrogen (secondary N) is 1. The van der Waals surface area contributed by atoms with Crippen LogP contribution in [0, 0.1) is 0 Å². The molecule has 0 bridgehead atoms. The van der Waals surface area contributed by atoms with Crippen molar-refractivity contribution in [2.24, 2.45) is 5.84 Å². The second-order valence-corrected chi connectivity index (χ2v) is 3.93. The monoisotopic (exact) mass is 240 g/mol. The van der Waals surface area contributed by atoms with Crippen molar-refractivity contribution in [3.8, 4) is 5.75 Å². The molecule has 0 saturated heterocycles. The van der Waals surface area contributed by atoms with Gasteiger partial charge in [-0.05, 0) is 31.0 Å². The van der Waals surface area contributed by atoms with Crippen molar-refractivity contribution in [2.75, 3.05) is 6.61 Å². The number of nitrogens with two attached hydrogens (primary N) is 1. The molecule has 0 saturated carbocycles. The van der Waals surface area contributed by atoms with Crippen LogP contribution in [0.4, 0.5) is 0 Å². The highest BCUT2D eigenvalue weighted by Crippen LogP contribution is 2.17. The summed E-state index contributed by atoms with van der Waals surface area (Å²) in [5.74, 6) is 6.17. The fourth-order valence-electron chi connectivity index (χ4n) is 1.29. The normalized spacial score (nSPS) is 12.1. The molecule has 0 aliphatic heterocycles. The highest BCUT2D eigenvalue weighted by molar-refractivity contribution is 6.30. The SMILES string of the molecule is C=CCCC(COc1cccc(Cl)c1)NN. The molecule has 16 heavy (non-hydrogen) atoms. The van der Waals surface area contributed by atoms with Crippen LogP contribution >= 0.6 is 11.6 Å². The Kier molecular flexibility index (Phi) is 5.93. The van der Waals surface area contributed by atoms with Gasteiger partial charge in [-0.2, -0.15) is 0 Å². The number of allylic oxidation sites excluding steroid dienone is 1. The van der Waals surface area contributed by atoms with Crippen LogP contribution in [0.5, 0.6) is 5.75 Å². The molecular formula is C12H17ClN2O. The van der Waals surface area contributed by atoms with Crippen molar-refractivity contribution < 1.29 is 4.74 Å². The van der Waals surface area contributed by atoms with E-state index < -0.39 is 0 Å². The highest BCUT2D eigenvalue weighted by atomic mass is 35.5. The predicted molar refractivity (Wildman–Crippen MR) is 67.5 cm³/mol. The molecule has 1 aromatic carbocycles. The first kappa shape index (κ1) is 13.0. The summed E-state index contributed by atoms with van der Waals surface area (Å²) in [6, 6.07) is 7.43. The fourth-order valence-corrected chi connectivity index (χ4v) is 1.47. The summed E-state index contributed by atoms with van der Waals surface area (Å²) in [5, 5.41) is 0.667. The second kappa shape index (κ2) is 7.28. The van der Waals surface area contributed by atoms with Crippen molar-refractivity contribution in [2.45, 2.75) is 18.9 Å². The summed E-state index contributed by atoms with van der Waals surface area (Å²) in [5.41, 5.74) is 2.72. The summed E-state index contributed by atoms with van der Waals surface area (Å²) >= 11 is 5.84. The van der Waals surface area contributed by atoms with Crippen LogP contribution in [0.2, 0.25) is 5.02 Å². The summed E-state index contributed by atoms with van der Waals surface area (Å²) < 4.78 is 5.58. The quantitative estimate of drug-likeness (QED) is 0.437. The van der Waals surface area contributed by atoms with Crippen molar-refractivity contribution in [1.82, 2.24) is 5.43 Å². The van der Waals surface area contributed by atoms with Gasteiger partial charge in [0.15, 0.2) is 0 Å². The van der Waals surface area contributed by atoms with Crippen LogP contribution in [0.15, 0.2) is 36.9 Å². The number of rotatable bonds is 7. The number of ether oxygens (including phenoxy) is 1. The van der Waals surface area contributed by atoms with Gasteiger partial charge in [0.2, 0.25) is 0 Å². The van der Waals surface area contributed by atoms with Crippen LogP contribution in [-0.2, 0) is 0 Å². The Bertz CT molecular complexity index is 331. The lowest BCUT2D eigenvalue weighted by molar-refractivity contribution is 0.258. The third-order valence-electron chi connectivity index (χ3n) is 2.20. The van der Waals surface area contributed by atoms with E-state index in [1.165, 1.54) is 0 Å². The van der Waals surface area contributed by atoms with Crippen LogP contribution in [0.1, 0.15) is 12.8 Å². The zero-order chi connectivity index (χ0) is 11.8. The van der Waals surface area contributed by atoms with Crippen molar-refractivity contribution in [3.63, 3.8) is 0 Å². The van der Waals surface area contributed by atoms with E-state index in [1.807, 2.05) is 24.3 Å². The van der Waals surface area contributed by atoms with E-state index in [2.05, 4.69) is 12.0 Å². The molecule has 4 heteroatoms. The van der Waals surface area contributed by atoms with E-state index in [9.17, 15) is 0 Å². The third kappa shape index (κ3) is 4.66. The molecular weight excluding hydrogens is 224 g/mol. The van der Waals surface area contributed by atoms with Gasteiger partial charge in [0.25, 0.3) is 0 Å². The minimum atomic E-state index is 0.122. The first-order valence-corrected chi connectivity index (χ1v) is 5.59. The Labute approximate surface area is 101 Å². The number of hydrogen-bond donors (Lipinski definition) is 2. The summed E-state index contributed by atoms with van der Waals surface area (Å²) in [6.45, 7) is 4.19. The minimum Gasteiger partial charge on any atom is -0.492 e. The number of halogens is 1. The van der Waals surface area contributed by atoms with E-state index in [1.54, 1.807) is 6.07 Å². The van der Waals surface area contributed by atoms with Gasteiger partial charge in [0.1, 0.15) is 12.4 Å². The molecule has 0 radical (unpaired) electrons. The molecule has 0 fully saturated rings. The summed E-state index contributed by atoms with van der Waals surface area (Å²) in [7, 11) is 0. The molecule has 88 valence electrons. The lowest BCUT2D eigenvalue weighted by Gasteiger charge is -2.15. The molecule has 0 aliphatic rings. The fraction of sp³-hybridized carbons (Fsp3) is 0.333. The van der Waals surface area contributed by atoms with Gasteiger partial charge < -0.3 is 4.74 Å². The van der Waals surface area contributed by atoms with Gasteiger partial charge >= 0.3 is 0 Å². The van der Waals surface area contributed by atoms with Gasteiger partial charge in [0.05, 0.1) is 6.04 Å². The van der Waals surface area contributed by atoms with Crippen LogP contribution in [-0.4, -0.2) is 12.6 Å². The average Bonchev–Trinajstić information content (AvgIpc) is 2.29. The molecule has 1 aromatic rings. The lowest BCUT2D eigenvalue weighted by atomic mass is 10.2. The Morgan fingerprint density at radius 2 is 2.38 bits per heavy atom. The van der Waals surface area contributed by atoms with E-state index in [0.29, 0.717) is 11.6 Å². The highest BCUT2D eigenvalue weighted by Gasteiger charge is 2.06.